The normalized spacial score (nSPS) is 11.1. The first kappa shape index (κ1) is 9.77. The molecule has 0 aromatic carbocycles. The molecule has 0 saturated heterocycles. The molecule has 0 bridgehead atoms. The molecule has 0 unspecified atom stereocenters. The summed E-state index contributed by atoms with van der Waals surface area (Å²) in [4.78, 5) is 10.9. The molecule has 2 heteroatoms. The number of rotatable bonds is 2. The Kier molecular flexibility index (Phi) is 3.39. The first-order valence-corrected chi connectivity index (χ1v) is 3.44. The molecule has 0 saturated carbocycles. The van der Waals surface area contributed by atoms with Crippen molar-refractivity contribution < 1.29 is 4.79 Å². The van der Waals surface area contributed by atoms with Crippen molar-refractivity contribution in [2.24, 2.45) is 0 Å². The molecule has 0 aliphatic rings. The lowest BCUT2D eigenvalue weighted by Crippen LogP contribution is -2.41. The van der Waals surface area contributed by atoms with Gasteiger partial charge in [-0.15, -0.1) is 6.42 Å². The average Bonchev–Trinajstić information content (AvgIpc) is 1.87. The monoisotopic (exact) mass is 151 g/mol. The quantitative estimate of drug-likeness (QED) is 0.464. The third kappa shape index (κ3) is 4.21. The molecule has 0 aromatic heterocycles. The van der Waals surface area contributed by atoms with Crippen LogP contribution in [0.4, 0.5) is 0 Å². The third-order valence-corrected chi connectivity index (χ3v) is 1.11. The van der Waals surface area contributed by atoms with E-state index in [0.29, 0.717) is 0 Å². The van der Waals surface area contributed by atoms with Crippen LogP contribution in [0.15, 0.2) is 12.2 Å². The van der Waals surface area contributed by atoms with Crippen molar-refractivity contribution in [2.75, 3.05) is 0 Å². The van der Waals surface area contributed by atoms with Crippen LogP contribution in [-0.2, 0) is 4.79 Å². The van der Waals surface area contributed by atoms with Gasteiger partial charge in [-0.3, -0.25) is 4.79 Å². The zero-order chi connectivity index (χ0) is 8.91. The van der Waals surface area contributed by atoms with Gasteiger partial charge in [-0.05, 0) is 26.8 Å². The molecule has 2 nitrogen and oxygen atoms in total. The third-order valence-electron chi connectivity index (χ3n) is 1.11. The lowest BCUT2D eigenvalue weighted by molar-refractivity contribution is -0.117. The van der Waals surface area contributed by atoms with Crippen LogP contribution in [0.5, 0.6) is 0 Å². The van der Waals surface area contributed by atoms with Gasteiger partial charge in [0.05, 0.1) is 5.54 Å². The molecule has 0 aromatic rings. The van der Waals surface area contributed by atoms with E-state index in [-0.39, 0.29) is 5.91 Å². The second-order valence-electron chi connectivity index (χ2n) is 2.76. The van der Waals surface area contributed by atoms with E-state index in [1.54, 1.807) is 26.8 Å². The fourth-order valence-electron chi connectivity index (χ4n) is 0.537. The van der Waals surface area contributed by atoms with E-state index in [9.17, 15) is 4.79 Å². The smallest absolute Gasteiger partial charge is 0.244 e. The molecule has 0 atom stereocenters. The maximum atomic E-state index is 10.9. The fourth-order valence-corrected chi connectivity index (χ4v) is 0.537. The molecular weight excluding hydrogens is 138 g/mol. The van der Waals surface area contributed by atoms with Gasteiger partial charge in [-0.25, -0.2) is 0 Å². The van der Waals surface area contributed by atoms with Crippen molar-refractivity contribution in [3.05, 3.63) is 12.2 Å². The molecule has 0 rings (SSSR count). The summed E-state index contributed by atoms with van der Waals surface area (Å²) in [6.07, 6.45) is 8.27. The Hall–Kier alpha value is -1.23. The zero-order valence-electron chi connectivity index (χ0n) is 7.14. The summed E-state index contributed by atoms with van der Waals surface area (Å²) < 4.78 is 0. The molecule has 0 spiro atoms. The number of carbonyl (C=O) groups excluding carboxylic acids is 1. The molecular formula is C9H13NO. The molecule has 0 radical (unpaired) electrons. The van der Waals surface area contributed by atoms with Crippen LogP contribution < -0.4 is 5.32 Å². The minimum Gasteiger partial charge on any atom is -0.337 e. The van der Waals surface area contributed by atoms with Crippen molar-refractivity contribution >= 4 is 5.91 Å². The van der Waals surface area contributed by atoms with Gasteiger partial charge in [0.15, 0.2) is 0 Å². The summed E-state index contributed by atoms with van der Waals surface area (Å²) >= 11 is 0. The van der Waals surface area contributed by atoms with Gasteiger partial charge in [0.25, 0.3) is 0 Å². The van der Waals surface area contributed by atoms with Crippen LogP contribution in [0, 0.1) is 12.3 Å². The first-order valence-electron chi connectivity index (χ1n) is 3.44. The molecule has 60 valence electrons. The van der Waals surface area contributed by atoms with E-state index in [0.717, 1.165) is 0 Å². The van der Waals surface area contributed by atoms with Gasteiger partial charge >= 0.3 is 0 Å². The second kappa shape index (κ2) is 3.82. The van der Waals surface area contributed by atoms with Crippen LogP contribution >= 0.6 is 0 Å². The topological polar surface area (TPSA) is 29.1 Å². The summed E-state index contributed by atoms with van der Waals surface area (Å²) in [6, 6.07) is 0. The number of carbonyl (C=O) groups is 1. The summed E-state index contributed by atoms with van der Waals surface area (Å²) in [6.45, 7) is 5.32. The number of allylic oxidation sites excluding steroid dienone is 1. The Morgan fingerprint density at radius 1 is 1.64 bits per heavy atom. The minimum atomic E-state index is -0.559. The summed E-state index contributed by atoms with van der Waals surface area (Å²) in [5, 5.41) is 2.64. The molecule has 1 amide bonds. The molecule has 11 heavy (non-hydrogen) atoms. The van der Waals surface area contributed by atoms with E-state index < -0.39 is 5.54 Å². The van der Waals surface area contributed by atoms with Crippen LogP contribution in [0.2, 0.25) is 0 Å². The Labute approximate surface area is 67.7 Å². The highest BCUT2D eigenvalue weighted by Crippen LogP contribution is 1.97. The molecule has 0 fully saturated rings. The minimum absolute atomic E-state index is 0.157. The zero-order valence-corrected chi connectivity index (χ0v) is 7.14. The van der Waals surface area contributed by atoms with Gasteiger partial charge in [0, 0.05) is 0 Å². The Bertz CT molecular complexity index is 208. The van der Waals surface area contributed by atoms with E-state index in [1.165, 1.54) is 6.08 Å². The van der Waals surface area contributed by atoms with Gasteiger partial charge in [0.2, 0.25) is 5.91 Å². The van der Waals surface area contributed by atoms with Gasteiger partial charge in [0.1, 0.15) is 0 Å². The van der Waals surface area contributed by atoms with Crippen LogP contribution in [0.25, 0.3) is 0 Å². The number of amides is 1. The Balaban J connectivity index is 4.07. The maximum Gasteiger partial charge on any atom is 0.244 e. The van der Waals surface area contributed by atoms with E-state index >= 15 is 0 Å². The van der Waals surface area contributed by atoms with Gasteiger partial charge in [-0.2, -0.15) is 0 Å². The largest absolute Gasteiger partial charge is 0.337 e. The van der Waals surface area contributed by atoms with Crippen molar-refractivity contribution in [1.29, 1.82) is 0 Å². The highest BCUT2D eigenvalue weighted by molar-refractivity contribution is 5.88. The van der Waals surface area contributed by atoms with Gasteiger partial charge < -0.3 is 5.32 Å². The molecule has 0 aliphatic carbocycles. The highest BCUT2D eigenvalue weighted by atomic mass is 16.1. The van der Waals surface area contributed by atoms with Crippen molar-refractivity contribution in [2.45, 2.75) is 26.3 Å². The van der Waals surface area contributed by atoms with E-state index in [2.05, 4.69) is 11.2 Å². The lowest BCUT2D eigenvalue weighted by Gasteiger charge is -2.17. The van der Waals surface area contributed by atoms with Crippen LogP contribution in [0.3, 0.4) is 0 Å². The predicted molar refractivity (Wildman–Crippen MR) is 45.9 cm³/mol. The Morgan fingerprint density at radius 3 is 2.55 bits per heavy atom. The highest BCUT2D eigenvalue weighted by Gasteiger charge is 2.14. The summed E-state index contributed by atoms with van der Waals surface area (Å²) in [5.74, 6) is 2.31. The number of terminal acetylenes is 1. The molecule has 1 N–H and O–H groups in total. The SMILES string of the molecule is C#CC(C)(C)NC(=O)C=CC. The number of hydrogen-bond donors (Lipinski definition) is 1. The predicted octanol–water partition coefficient (Wildman–Crippen LogP) is 1.09. The summed E-state index contributed by atoms with van der Waals surface area (Å²) in [7, 11) is 0. The molecule has 0 aliphatic heterocycles. The van der Waals surface area contributed by atoms with E-state index in [4.69, 9.17) is 6.42 Å². The Morgan fingerprint density at radius 2 is 2.18 bits per heavy atom. The van der Waals surface area contributed by atoms with Crippen LogP contribution in [0.1, 0.15) is 20.8 Å². The van der Waals surface area contributed by atoms with Crippen molar-refractivity contribution in [3.63, 3.8) is 0 Å². The standard InChI is InChI=1S/C9H13NO/c1-5-7-8(11)10-9(3,4)6-2/h2,5,7H,1,3-4H3,(H,10,11). The van der Waals surface area contributed by atoms with E-state index in [1.807, 2.05) is 0 Å². The number of hydrogen-bond acceptors (Lipinski definition) is 1. The summed E-state index contributed by atoms with van der Waals surface area (Å²) in [5.41, 5.74) is -0.559. The first-order chi connectivity index (χ1) is 5.02. The maximum absolute atomic E-state index is 10.9. The number of nitrogens with one attached hydrogen (secondary N) is 1. The average molecular weight is 151 g/mol. The molecule has 0 heterocycles. The van der Waals surface area contributed by atoms with Crippen molar-refractivity contribution in [3.8, 4) is 12.3 Å². The second-order valence-corrected chi connectivity index (χ2v) is 2.76. The van der Waals surface area contributed by atoms with Gasteiger partial charge in [-0.1, -0.05) is 12.0 Å². The fraction of sp³-hybridized carbons (Fsp3) is 0.444. The van der Waals surface area contributed by atoms with Crippen LogP contribution in [-0.4, -0.2) is 11.4 Å². The lowest BCUT2D eigenvalue weighted by atomic mass is 10.1. The van der Waals surface area contributed by atoms with Crippen molar-refractivity contribution in [1.82, 2.24) is 5.32 Å².